The van der Waals surface area contributed by atoms with Crippen LogP contribution in [0.1, 0.15) is 11.6 Å². The molecule has 5 aromatic rings. The van der Waals surface area contributed by atoms with Crippen molar-refractivity contribution in [3.05, 3.63) is 84.7 Å². The lowest BCUT2D eigenvalue weighted by Gasteiger charge is -2.20. The van der Waals surface area contributed by atoms with Crippen molar-refractivity contribution in [3.63, 3.8) is 0 Å². The lowest BCUT2D eigenvalue weighted by atomic mass is 10.1. The highest BCUT2D eigenvalue weighted by Crippen LogP contribution is 2.34. The van der Waals surface area contributed by atoms with Crippen molar-refractivity contribution in [2.24, 2.45) is 0 Å². The second-order valence-electron chi connectivity index (χ2n) is 11.1. The molecule has 0 N–H and O–H groups in total. The van der Waals surface area contributed by atoms with E-state index in [4.69, 9.17) is 14.5 Å². The first-order chi connectivity index (χ1) is 19.8. The Balaban J connectivity index is 1.24. The molecule has 0 bridgehead atoms. The molecule has 1 unspecified atom stereocenters. The van der Waals surface area contributed by atoms with Crippen molar-refractivity contribution in [1.29, 1.82) is 0 Å². The van der Waals surface area contributed by atoms with Crippen LogP contribution in [0.4, 0.5) is 15.0 Å². The number of carbonyl (C=O) groups is 1. The van der Waals surface area contributed by atoms with Gasteiger partial charge in [0.2, 0.25) is 0 Å². The maximum absolute atomic E-state index is 15.4. The molecule has 41 heavy (non-hydrogen) atoms. The van der Waals surface area contributed by atoms with E-state index in [2.05, 4.69) is 34.8 Å². The van der Waals surface area contributed by atoms with Gasteiger partial charge < -0.3 is 9.47 Å². The minimum atomic E-state index is -1.18. The summed E-state index contributed by atoms with van der Waals surface area (Å²) >= 11 is 0. The lowest BCUT2D eigenvalue weighted by Crippen LogP contribution is -2.28. The lowest BCUT2D eigenvalue weighted by molar-refractivity contribution is 0.0784. The highest BCUT2D eigenvalue weighted by molar-refractivity contribution is 6.76. The summed E-state index contributed by atoms with van der Waals surface area (Å²) in [6.45, 7) is 8.04. The van der Waals surface area contributed by atoms with E-state index < -0.39 is 20.0 Å². The van der Waals surface area contributed by atoms with Crippen LogP contribution in [-0.4, -0.2) is 56.7 Å². The van der Waals surface area contributed by atoms with Crippen LogP contribution < -0.4 is 4.90 Å². The van der Waals surface area contributed by atoms with Gasteiger partial charge in [-0.15, -0.1) is 5.10 Å². The van der Waals surface area contributed by atoms with E-state index in [0.717, 1.165) is 11.6 Å². The molecule has 1 aliphatic heterocycles. The second kappa shape index (κ2) is 10.9. The molecule has 3 aromatic heterocycles. The summed E-state index contributed by atoms with van der Waals surface area (Å²) in [5, 5.41) is 8.77. The van der Waals surface area contributed by atoms with Gasteiger partial charge in [-0.2, -0.15) is 5.10 Å². The largest absolute Gasteiger partial charge is 0.447 e. The van der Waals surface area contributed by atoms with Crippen molar-refractivity contribution in [3.8, 4) is 22.5 Å². The molecule has 12 heteroatoms. The number of fused-ring (bicyclic) bond motifs is 1. The molecule has 10 nitrogen and oxygen atoms in total. The average molecular weight is 572 g/mol. The molecule has 0 spiro atoms. The number of halogens is 1. The molecule has 0 saturated carbocycles. The molecule has 210 valence electrons. The predicted molar refractivity (Wildman–Crippen MR) is 155 cm³/mol. The number of hydrogen-bond acceptors (Lipinski definition) is 7. The SMILES string of the molecule is C[Si](C)(C)CCOCn1cnc(-c2ccc(-c3cnn4ccc(N5C(=O)OCC5c5ccccc5)nc34)cc2F)n1. The van der Waals surface area contributed by atoms with Crippen LogP contribution in [0.15, 0.2) is 73.3 Å². The topological polar surface area (TPSA) is 99.7 Å². The van der Waals surface area contributed by atoms with E-state index in [-0.39, 0.29) is 30.8 Å². The second-order valence-corrected chi connectivity index (χ2v) is 16.8. The Morgan fingerprint density at radius 2 is 1.93 bits per heavy atom. The fraction of sp³-hybridized carbons (Fsp3) is 0.276. The average Bonchev–Trinajstić information content (AvgIpc) is 3.69. The molecular formula is C29H30FN7O3Si. The fourth-order valence-corrected chi connectivity index (χ4v) is 5.43. The molecular weight excluding hydrogens is 541 g/mol. The molecule has 1 amide bonds. The molecule has 4 heterocycles. The zero-order valence-corrected chi connectivity index (χ0v) is 24.1. The van der Waals surface area contributed by atoms with Crippen molar-refractivity contribution in [2.75, 3.05) is 18.1 Å². The van der Waals surface area contributed by atoms with Crippen molar-refractivity contribution in [1.82, 2.24) is 29.4 Å². The van der Waals surface area contributed by atoms with Gasteiger partial charge in [-0.3, -0.25) is 4.90 Å². The number of amides is 1. The van der Waals surface area contributed by atoms with E-state index in [0.29, 0.717) is 29.2 Å². The fourth-order valence-electron chi connectivity index (χ4n) is 4.67. The number of nitrogens with zero attached hydrogens (tertiary/aromatic N) is 7. The predicted octanol–water partition coefficient (Wildman–Crippen LogP) is 5.80. The van der Waals surface area contributed by atoms with Gasteiger partial charge in [-0.05, 0) is 35.4 Å². The number of hydrogen-bond donors (Lipinski definition) is 0. The van der Waals surface area contributed by atoms with Crippen LogP contribution in [0.25, 0.3) is 28.2 Å². The number of cyclic esters (lactones) is 1. The van der Waals surface area contributed by atoms with Gasteiger partial charge in [0.05, 0.1) is 11.8 Å². The third kappa shape index (κ3) is 5.61. The van der Waals surface area contributed by atoms with Gasteiger partial charge in [0.1, 0.15) is 37.3 Å². The molecule has 1 aliphatic rings. The monoisotopic (exact) mass is 571 g/mol. The number of rotatable bonds is 9. The van der Waals surface area contributed by atoms with Crippen LogP contribution in [-0.2, 0) is 16.2 Å². The van der Waals surface area contributed by atoms with Crippen LogP contribution in [0, 0.1) is 5.82 Å². The normalized spacial score (nSPS) is 15.6. The zero-order valence-electron chi connectivity index (χ0n) is 23.1. The standard InChI is InChI=1S/C29H30FN7O3Si/c1-41(2,3)14-13-39-19-35-18-31-27(34-35)22-10-9-21(15-24(22)30)23-16-32-36-12-11-26(33-28(23)36)37-25(17-40-29(37)38)20-7-5-4-6-8-20/h4-12,15-16,18,25H,13-14,17,19H2,1-3H3. The zero-order chi connectivity index (χ0) is 28.6. The Hall–Kier alpha value is -4.42. The third-order valence-electron chi connectivity index (χ3n) is 6.94. The van der Waals surface area contributed by atoms with Crippen LogP contribution in [0.5, 0.6) is 0 Å². The minimum Gasteiger partial charge on any atom is -0.447 e. The van der Waals surface area contributed by atoms with E-state index in [1.54, 1.807) is 46.1 Å². The highest BCUT2D eigenvalue weighted by atomic mass is 28.3. The van der Waals surface area contributed by atoms with E-state index in [9.17, 15) is 4.79 Å². The Morgan fingerprint density at radius 1 is 1.10 bits per heavy atom. The first kappa shape index (κ1) is 26.8. The molecule has 1 fully saturated rings. The van der Waals surface area contributed by atoms with Gasteiger partial charge in [-0.1, -0.05) is 56.0 Å². The van der Waals surface area contributed by atoms with Crippen molar-refractivity contribution >= 4 is 25.6 Å². The Morgan fingerprint density at radius 3 is 2.71 bits per heavy atom. The summed E-state index contributed by atoms with van der Waals surface area (Å²) in [5.41, 5.74) is 2.92. The summed E-state index contributed by atoms with van der Waals surface area (Å²) in [5.74, 6) is 0.236. The van der Waals surface area contributed by atoms with Crippen molar-refractivity contribution in [2.45, 2.75) is 38.5 Å². The Bertz CT molecular complexity index is 1700. The number of ether oxygens (including phenoxy) is 2. The van der Waals surface area contributed by atoms with Crippen LogP contribution in [0.3, 0.4) is 0 Å². The third-order valence-corrected chi connectivity index (χ3v) is 8.64. The molecule has 6 rings (SSSR count). The van der Waals surface area contributed by atoms with Crippen LogP contribution in [0.2, 0.25) is 25.7 Å². The molecule has 2 aromatic carbocycles. The van der Waals surface area contributed by atoms with E-state index >= 15 is 4.39 Å². The van der Waals surface area contributed by atoms with Gasteiger partial charge >= 0.3 is 6.09 Å². The molecule has 1 saturated heterocycles. The summed E-state index contributed by atoms with van der Waals surface area (Å²) in [6, 6.07) is 17.0. The highest BCUT2D eigenvalue weighted by Gasteiger charge is 2.36. The smallest absolute Gasteiger partial charge is 0.416 e. The Labute approximate surface area is 237 Å². The van der Waals surface area contributed by atoms with E-state index in [1.807, 2.05) is 30.3 Å². The molecule has 1 atom stereocenters. The minimum absolute atomic E-state index is 0.225. The van der Waals surface area contributed by atoms with Gasteiger partial charge in [0.15, 0.2) is 11.5 Å². The van der Waals surface area contributed by atoms with Gasteiger partial charge in [0, 0.05) is 26.4 Å². The number of aromatic nitrogens is 6. The first-order valence-electron chi connectivity index (χ1n) is 13.4. The summed E-state index contributed by atoms with van der Waals surface area (Å²) in [7, 11) is -1.18. The van der Waals surface area contributed by atoms with E-state index in [1.165, 1.54) is 11.0 Å². The van der Waals surface area contributed by atoms with Crippen molar-refractivity contribution < 1.29 is 18.7 Å². The van der Waals surface area contributed by atoms with Gasteiger partial charge in [-0.25, -0.2) is 28.4 Å². The van der Waals surface area contributed by atoms with Crippen LogP contribution >= 0.6 is 0 Å². The maximum atomic E-state index is 15.4. The first-order valence-corrected chi connectivity index (χ1v) is 17.1. The summed E-state index contributed by atoms with van der Waals surface area (Å²) < 4.78 is 29.6. The summed E-state index contributed by atoms with van der Waals surface area (Å²) in [6.07, 6.45) is 4.42. The molecule has 0 aliphatic carbocycles. The number of benzene rings is 2. The maximum Gasteiger partial charge on any atom is 0.416 e. The number of anilines is 1. The molecule has 0 radical (unpaired) electrons. The number of carbonyl (C=O) groups excluding carboxylic acids is 1. The van der Waals surface area contributed by atoms with Gasteiger partial charge in [0.25, 0.3) is 0 Å². The Kier molecular flexibility index (Phi) is 7.10. The quantitative estimate of drug-likeness (QED) is 0.163. The summed E-state index contributed by atoms with van der Waals surface area (Å²) in [4.78, 5) is 23.2.